The Kier molecular flexibility index (Phi) is 6.57. The maximum Gasteiger partial charge on any atom is 0.226 e. The molecule has 4 rings (SSSR count). The molecule has 0 unspecified atom stereocenters. The Morgan fingerprint density at radius 1 is 1.25 bits per heavy atom. The molecule has 3 aromatic rings. The van der Waals surface area contributed by atoms with E-state index in [-0.39, 0.29) is 11.9 Å². The molecule has 1 fully saturated rings. The summed E-state index contributed by atoms with van der Waals surface area (Å²) in [6, 6.07) is 6.63. The van der Waals surface area contributed by atoms with Crippen molar-refractivity contribution < 1.29 is 4.79 Å². The second-order valence-electron chi connectivity index (χ2n) is 7.39. The lowest BCUT2D eigenvalue weighted by molar-refractivity contribution is -0.120. The molecule has 1 saturated heterocycles. The van der Waals surface area contributed by atoms with Gasteiger partial charge >= 0.3 is 0 Å². The smallest absolute Gasteiger partial charge is 0.226 e. The van der Waals surface area contributed by atoms with Gasteiger partial charge in [0.05, 0.1) is 18.2 Å². The summed E-state index contributed by atoms with van der Waals surface area (Å²) in [7, 11) is 0. The molecule has 148 valence electrons. The first-order chi connectivity index (χ1) is 13.7. The Labute approximate surface area is 178 Å². The lowest BCUT2D eigenvalue weighted by atomic mass is 9.97. The lowest BCUT2D eigenvalue weighted by Gasteiger charge is -2.36. The number of aromatic nitrogens is 1. The fourth-order valence-electron chi connectivity index (χ4n) is 3.58. The first-order valence-electron chi connectivity index (χ1n) is 9.70. The lowest BCUT2D eigenvalue weighted by Crippen LogP contribution is -2.42. The number of likely N-dealkylation sites (tertiary alicyclic amines) is 1. The van der Waals surface area contributed by atoms with Crippen LogP contribution in [0.4, 0.5) is 0 Å². The fourth-order valence-corrected chi connectivity index (χ4v) is 5.97. The number of rotatable bonds is 7. The van der Waals surface area contributed by atoms with Crippen LogP contribution >= 0.6 is 34.0 Å². The van der Waals surface area contributed by atoms with Gasteiger partial charge in [0.25, 0.3) is 0 Å². The number of carbonyl (C=O) groups excluding carboxylic acids is 1. The number of hydrogen-bond acceptors (Lipinski definition) is 6. The van der Waals surface area contributed by atoms with Crippen LogP contribution in [-0.2, 0) is 11.2 Å². The minimum absolute atomic E-state index is 0.0501. The SMILES string of the molecule is CC1CCN([C@H](CNC(=O)Cc2csc(-c3ccsc3)n2)c2cccs2)CC1. The number of thiazole rings is 1. The van der Waals surface area contributed by atoms with Crippen molar-refractivity contribution in [2.45, 2.75) is 32.2 Å². The number of nitrogens with zero attached hydrogens (tertiary/aromatic N) is 2. The highest BCUT2D eigenvalue weighted by molar-refractivity contribution is 7.14. The van der Waals surface area contributed by atoms with Crippen molar-refractivity contribution in [1.29, 1.82) is 0 Å². The maximum atomic E-state index is 12.6. The minimum atomic E-state index is 0.0501. The highest BCUT2D eigenvalue weighted by Gasteiger charge is 2.25. The molecule has 4 heterocycles. The molecule has 3 aromatic heterocycles. The summed E-state index contributed by atoms with van der Waals surface area (Å²) in [6.45, 7) is 5.21. The second kappa shape index (κ2) is 9.31. The van der Waals surface area contributed by atoms with Gasteiger partial charge in [-0.3, -0.25) is 9.69 Å². The summed E-state index contributed by atoms with van der Waals surface area (Å²) in [4.78, 5) is 21.0. The van der Waals surface area contributed by atoms with E-state index in [0.29, 0.717) is 13.0 Å². The van der Waals surface area contributed by atoms with Crippen molar-refractivity contribution in [3.63, 3.8) is 0 Å². The van der Waals surface area contributed by atoms with Crippen LogP contribution in [0.5, 0.6) is 0 Å². The Morgan fingerprint density at radius 2 is 2.11 bits per heavy atom. The van der Waals surface area contributed by atoms with Crippen molar-refractivity contribution in [3.8, 4) is 10.6 Å². The summed E-state index contributed by atoms with van der Waals surface area (Å²) >= 11 is 5.05. The summed E-state index contributed by atoms with van der Waals surface area (Å²) < 4.78 is 0. The largest absolute Gasteiger partial charge is 0.354 e. The van der Waals surface area contributed by atoms with Crippen LogP contribution < -0.4 is 5.32 Å². The Balaban J connectivity index is 1.35. The standard InChI is InChI=1S/C21H25N3OS3/c1-15-4-7-24(8-5-15)18(19-3-2-9-27-19)12-22-20(25)11-17-14-28-21(23-17)16-6-10-26-13-16/h2-3,6,9-10,13-15,18H,4-5,7-8,11-12H2,1H3,(H,22,25)/t18-/m1/s1. The number of nitrogens with one attached hydrogen (secondary N) is 1. The van der Waals surface area contributed by atoms with Gasteiger partial charge in [-0.2, -0.15) is 11.3 Å². The van der Waals surface area contributed by atoms with Crippen LogP contribution in [0.15, 0.2) is 39.7 Å². The van der Waals surface area contributed by atoms with Gasteiger partial charge in [0.15, 0.2) is 0 Å². The van der Waals surface area contributed by atoms with E-state index in [4.69, 9.17) is 0 Å². The molecular formula is C21H25N3OS3. The molecule has 1 atom stereocenters. The molecule has 28 heavy (non-hydrogen) atoms. The van der Waals surface area contributed by atoms with E-state index in [0.717, 1.165) is 35.3 Å². The van der Waals surface area contributed by atoms with Gasteiger partial charge in [0.1, 0.15) is 5.01 Å². The third kappa shape index (κ3) is 4.89. The van der Waals surface area contributed by atoms with Gasteiger partial charge in [0.2, 0.25) is 5.91 Å². The Morgan fingerprint density at radius 3 is 2.82 bits per heavy atom. The zero-order chi connectivity index (χ0) is 19.3. The van der Waals surface area contributed by atoms with E-state index in [1.165, 1.54) is 17.7 Å². The first kappa shape index (κ1) is 19.8. The van der Waals surface area contributed by atoms with Gasteiger partial charge in [-0.05, 0) is 54.7 Å². The monoisotopic (exact) mass is 431 g/mol. The molecule has 1 N–H and O–H groups in total. The predicted octanol–water partition coefficient (Wildman–Crippen LogP) is 5.07. The number of hydrogen-bond donors (Lipinski definition) is 1. The summed E-state index contributed by atoms with van der Waals surface area (Å²) in [5.41, 5.74) is 1.99. The Bertz CT molecular complexity index is 865. The molecule has 0 saturated carbocycles. The van der Waals surface area contributed by atoms with E-state index in [1.807, 2.05) is 5.38 Å². The van der Waals surface area contributed by atoms with Gasteiger partial charge in [0, 0.05) is 27.7 Å². The fraction of sp³-hybridized carbons (Fsp3) is 0.429. The van der Waals surface area contributed by atoms with Crippen LogP contribution in [0, 0.1) is 5.92 Å². The quantitative estimate of drug-likeness (QED) is 0.568. The average molecular weight is 432 g/mol. The number of amides is 1. The highest BCUT2D eigenvalue weighted by atomic mass is 32.1. The van der Waals surface area contributed by atoms with E-state index >= 15 is 0 Å². The molecule has 0 aromatic carbocycles. The zero-order valence-corrected chi connectivity index (χ0v) is 18.4. The van der Waals surface area contributed by atoms with Crippen molar-refractivity contribution in [3.05, 3.63) is 50.3 Å². The topological polar surface area (TPSA) is 45.2 Å². The zero-order valence-electron chi connectivity index (χ0n) is 16.0. The number of carbonyl (C=O) groups is 1. The second-order valence-corrected chi connectivity index (χ2v) is 10.0. The van der Waals surface area contributed by atoms with Crippen LogP contribution in [0.25, 0.3) is 10.6 Å². The van der Waals surface area contributed by atoms with Crippen molar-refractivity contribution >= 4 is 39.9 Å². The van der Waals surface area contributed by atoms with E-state index in [2.05, 4.69) is 56.5 Å². The minimum Gasteiger partial charge on any atom is -0.354 e. The van der Waals surface area contributed by atoms with Gasteiger partial charge < -0.3 is 5.32 Å². The summed E-state index contributed by atoms with van der Waals surface area (Å²) in [5.74, 6) is 0.853. The molecule has 0 bridgehead atoms. The van der Waals surface area contributed by atoms with Crippen LogP contribution in [-0.4, -0.2) is 35.4 Å². The van der Waals surface area contributed by atoms with Gasteiger partial charge in [-0.25, -0.2) is 4.98 Å². The number of thiophene rings is 2. The summed E-state index contributed by atoms with van der Waals surface area (Å²) in [5, 5.41) is 12.4. The van der Waals surface area contributed by atoms with Gasteiger partial charge in [-0.1, -0.05) is 13.0 Å². The molecule has 1 aliphatic rings. The van der Waals surface area contributed by atoms with E-state index in [9.17, 15) is 4.79 Å². The number of piperidine rings is 1. The third-order valence-electron chi connectivity index (χ3n) is 5.28. The van der Waals surface area contributed by atoms with Crippen molar-refractivity contribution in [2.75, 3.05) is 19.6 Å². The molecular weight excluding hydrogens is 406 g/mol. The third-order valence-corrected chi connectivity index (χ3v) is 7.88. The van der Waals surface area contributed by atoms with Crippen LogP contribution in [0.2, 0.25) is 0 Å². The Hall–Kier alpha value is -1.54. The highest BCUT2D eigenvalue weighted by Crippen LogP contribution is 2.29. The molecule has 0 radical (unpaired) electrons. The van der Waals surface area contributed by atoms with E-state index < -0.39 is 0 Å². The molecule has 7 heteroatoms. The predicted molar refractivity (Wildman–Crippen MR) is 119 cm³/mol. The van der Waals surface area contributed by atoms with Crippen LogP contribution in [0.1, 0.15) is 36.4 Å². The van der Waals surface area contributed by atoms with Crippen molar-refractivity contribution in [1.82, 2.24) is 15.2 Å². The molecule has 1 amide bonds. The molecule has 0 aliphatic carbocycles. The molecule has 4 nitrogen and oxygen atoms in total. The van der Waals surface area contributed by atoms with E-state index in [1.54, 1.807) is 34.0 Å². The van der Waals surface area contributed by atoms with Gasteiger partial charge in [-0.15, -0.1) is 22.7 Å². The molecule has 0 spiro atoms. The average Bonchev–Trinajstić information content (AvgIpc) is 3.46. The van der Waals surface area contributed by atoms with Crippen LogP contribution in [0.3, 0.4) is 0 Å². The first-order valence-corrected chi connectivity index (χ1v) is 12.4. The maximum absolute atomic E-state index is 12.6. The molecule has 1 aliphatic heterocycles. The summed E-state index contributed by atoms with van der Waals surface area (Å²) in [6.07, 6.45) is 2.81. The normalized spacial score (nSPS) is 16.9. The van der Waals surface area contributed by atoms with Crippen molar-refractivity contribution in [2.24, 2.45) is 5.92 Å².